The fraction of sp³-hybridized carbons (Fsp3) is 0.533. The van der Waals surface area contributed by atoms with Crippen LogP contribution in [0.1, 0.15) is 18.4 Å². The number of ether oxygens (including phenoxy) is 3. The largest absolute Gasteiger partial charge is 0.496 e. The quantitative estimate of drug-likeness (QED) is 0.803. The second kappa shape index (κ2) is 7.06. The number of rotatable bonds is 7. The van der Waals surface area contributed by atoms with Gasteiger partial charge in [0, 0.05) is 18.7 Å². The Labute approximate surface area is 124 Å². The lowest BCUT2D eigenvalue weighted by molar-refractivity contribution is 0.240. The van der Waals surface area contributed by atoms with Crippen molar-refractivity contribution >= 4 is 6.03 Å². The molecule has 1 aliphatic rings. The average molecular weight is 294 g/mol. The van der Waals surface area contributed by atoms with Gasteiger partial charge in [0.05, 0.1) is 21.3 Å². The van der Waals surface area contributed by atoms with Crippen molar-refractivity contribution in [3.8, 4) is 17.2 Å². The van der Waals surface area contributed by atoms with E-state index < -0.39 is 0 Å². The van der Waals surface area contributed by atoms with E-state index in [-0.39, 0.29) is 6.03 Å². The Kier molecular flexibility index (Phi) is 5.14. The molecule has 116 valence electrons. The smallest absolute Gasteiger partial charge is 0.315 e. The first-order valence-electron chi connectivity index (χ1n) is 7.01. The molecule has 0 bridgehead atoms. The summed E-state index contributed by atoms with van der Waals surface area (Å²) < 4.78 is 15.9. The van der Waals surface area contributed by atoms with Gasteiger partial charge < -0.3 is 24.8 Å². The minimum Gasteiger partial charge on any atom is -0.496 e. The van der Waals surface area contributed by atoms with Crippen molar-refractivity contribution in [2.45, 2.75) is 25.3 Å². The summed E-state index contributed by atoms with van der Waals surface area (Å²) in [6, 6.07) is 3.91. The van der Waals surface area contributed by atoms with Gasteiger partial charge in [0.25, 0.3) is 0 Å². The van der Waals surface area contributed by atoms with E-state index in [9.17, 15) is 4.79 Å². The highest BCUT2D eigenvalue weighted by molar-refractivity contribution is 5.74. The molecule has 1 aliphatic carbocycles. The van der Waals surface area contributed by atoms with Crippen molar-refractivity contribution in [3.63, 3.8) is 0 Å². The number of methoxy groups -OCH3 is 3. The van der Waals surface area contributed by atoms with E-state index in [0.29, 0.717) is 30.5 Å². The number of urea groups is 1. The summed E-state index contributed by atoms with van der Waals surface area (Å²) in [7, 11) is 4.79. The van der Waals surface area contributed by atoms with Crippen molar-refractivity contribution in [1.82, 2.24) is 10.6 Å². The second-order valence-corrected chi connectivity index (χ2v) is 4.94. The van der Waals surface area contributed by atoms with Gasteiger partial charge in [-0.3, -0.25) is 0 Å². The van der Waals surface area contributed by atoms with Crippen molar-refractivity contribution < 1.29 is 19.0 Å². The second-order valence-electron chi connectivity index (χ2n) is 4.94. The normalized spacial score (nSPS) is 13.5. The molecule has 0 radical (unpaired) electrons. The molecule has 6 heteroatoms. The van der Waals surface area contributed by atoms with Gasteiger partial charge in [-0.05, 0) is 30.9 Å². The predicted octanol–water partition coefficient (Wildman–Crippen LogP) is 1.72. The van der Waals surface area contributed by atoms with Crippen LogP contribution in [0.25, 0.3) is 0 Å². The summed E-state index contributed by atoms with van der Waals surface area (Å²) in [5, 5.41) is 5.73. The van der Waals surface area contributed by atoms with E-state index >= 15 is 0 Å². The Balaban J connectivity index is 1.95. The Morgan fingerprint density at radius 3 is 2.29 bits per heavy atom. The average Bonchev–Trinajstić information content (AvgIpc) is 3.30. The van der Waals surface area contributed by atoms with Crippen LogP contribution in [0.3, 0.4) is 0 Å². The maximum absolute atomic E-state index is 11.6. The molecule has 2 N–H and O–H groups in total. The molecule has 1 aromatic rings. The van der Waals surface area contributed by atoms with Crippen molar-refractivity contribution in [2.75, 3.05) is 27.9 Å². The van der Waals surface area contributed by atoms with Gasteiger partial charge in [0.2, 0.25) is 0 Å². The molecule has 6 nitrogen and oxygen atoms in total. The Morgan fingerprint density at radius 2 is 1.71 bits per heavy atom. The van der Waals surface area contributed by atoms with Crippen LogP contribution in [0.5, 0.6) is 17.2 Å². The molecule has 0 atom stereocenters. The first kappa shape index (κ1) is 15.3. The molecule has 1 fully saturated rings. The topological polar surface area (TPSA) is 68.8 Å². The first-order chi connectivity index (χ1) is 10.2. The molecule has 1 saturated carbocycles. The van der Waals surface area contributed by atoms with E-state index in [4.69, 9.17) is 14.2 Å². The molecule has 2 amide bonds. The SMILES string of the molecule is COc1cc(OC)c(OC)cc1CCNC(=O)NC1CC1. The number of carbonyl (C=O) groups excluding carboxylic acids is 1. The highest BCUT2D eigenvalue weighted by atomic mass is 16.5. The standard InChI is InChI=1S/C15H22N2O4/c1-19-12-9-14(21-3)13(20-2)8-10(12)6-7-16-15(18)17-11-4-5-11/h8-9,11H,4-7H2,1-3H3,(H2,16,17,18). The first-order valence-corrected chi connectivity index (χ1v) is 7.01. The summed E-state index contributed by atoms with van der Waals surface area (Å²) in [6.45, 7) is 0.532. The number of amides is 2. The Morgan fingerprint density at radius 1 is 1.10 bits per heavy atom. The molecule has 0 aliphatic heterocycles. The summed E-state index contributed by atoms with van der Waals surface area (Å²) >= 11 is 0. The molecule has 0 saturated heterocycles. The van der Waals surface area contributed by atoms with Gasteiger partial charge >= 0.3 is 6.03 Å². The minimum atomic E-state index is -0.114. The third-order valence-electron chi connectivity index (χ3n) is 3.38. The van der Waals surface area contributed by atoms with Gasteiger partial charge in [0.15, 0.2) is 11.5 Å². The number of nitrogens with one attached hydrogen (secondary N) is 2. The fourth-order valence-corrected chi connectivity index (χ4v) is 2.06. The van der Waals surface area contributed by atoms with E-state index in [1.807, 2.05) is 6.07 Å². The predicted molar refractivity (Wildman–Crippen MR) is 79.4 cm³/mol. The van der Waals surface area contributed by atoms with Crippen LogP contribution in [0.2, 0.25) is 0 Å². The monoisotopic (exact) mass is 294 g/mol. The highest BCUT2D eigenvalue weighted by Crippen LogP contribution is 2.34. The molecule has 0 aromatic heterocycles. The van der Waals surface area contributed by atoms with Crippen molar-refractivity contribution in [2.24, 2.45) is 0 Å². The van der Waals surface area contributed by atoms with Crippen LogP contribution < -0.4 is 24.8 Å². The van der Waals surface area contributed by atoms with Crippen LogP contribution in [0.15, 0.2) is 12.1 Å². The zero-order valence-corrected chi connectivity index (χ0v) is 12.7. The molecule has 2 rings (SSSR count). The fourth-order valence-electron chi connectivity index (χ4n) is 2.06. The zero-order chi connectivity index (χ0) is 15.2. The van der Waals surface area contributed by atoms with E-state index in [1.54, 1.807) is 27.4 Å². The van der Waals surface area contributed by atoms with E-state index in [2.05, 4.69) is 10.6 Å². The lowest BCUT2D eigenvalue weighted by Crippen LogP contribution is -2.37. The molecular weight excluding hydrogens is 272 g/mol. The van der Waals surface area contributed by atoms with Crippen LogP contribution in [0, 0.1) is 0 Å². The summed E-state index contributed by atoms with van der Waals surface area (Å²) in [6.07, 6.45) is 2.81. The van der Waals surface area contributed by atoms with Crippen LogP contribution >= 0.6 is 0 Å². The summed E-state index contributed by atoms with van der Waals surface area (Å²) in [5.41, 5.74) is 0.960. The molecule has 0 spiro atoms. The summed E-state index contributed by atoms with van der Waals surface area (Å²) in [4.78, 5) is 11.6. The lowest BCUT2D eigenvalue weighted by Gasteiger charge is -2.14. The Hall–Kier alpha value is -2.11. The zero-order valence-electron chi connectivity index (χ0n) is 12.7. The van der Waals surface area contributed by atoms with Crippen LogP contribution in [0.4, 0.5) is 4.79 Å². The molecule has 21 heavy (non-hydrogen) atoms. The van der Waals surface area contributed by atoms with Gasteiger partial charge in [0.1, 0.15) is 5.75 Å². The van der Waals surface area contributed by atoms with Gasteiger partial charge in [-0.2, -0.15) is 0 Å². The van der Waals surface area contributed by atoms with Gasteiger partial charge in [-0.15, -0.1) is 0 Å². The molecular formula is C15H22N2O4. The highest BCUT2D eigenvalue weighted by Gasteiger charge is 2.22. The minimum absolute atomic E-state index is 0.114. The van der Waals surface area contributed by atoms with E-state index in [0.717, 1.165) is 24.2 Å². The van der Waals surface area contributed by atoms with Crippen LogP contribution in [-0.2, 0) is 6.42 Å². The maximum atomic E-state index is 11.6. The third kappa shape index (κ3) is 4.18. The number of benzene rings is 1. The lowest BCUT2D eigenvalue weighted by atomic mass is 10.1. The Bertz CT molecular complexity index is 501. The number of hydrogen-bond donors (Lipinski definition) is 2. The van der Waals surface area contributed by atoms with Gasteiger partial charge in [-0.25, -0.2) is 4.79 Å². The maximum Gasteiger partial charge on any atom is 0.315 e. The molecule has 1 aromatic carbocycles. The van der Waals surface area contributed by atoms with Gasteiger partial charge in [-0.1, -0.05) is 0 Å². The van der Waals surface area contributed by atoms with Crippen molar-refractivity contribution in [1.29, 1.82) is 0 Å². The number of carbonyl (C=O) groups is 1. The van der Waals surface area contributed by atoms with Crippen LogP contribution in [-0.4, -0.2) is 39.9 Å². The summed E-state index contributed by atoms with van der Waals surface area (Å²) in [5.74, 6) is 1.99. The van der Waals surface area contributed by atoms with E-state index in [1.165, 1.54) is 0 Å². The molecule has 0 heterocycles. The molecule has 0 unspecified atom stereocenters. The van der Waals surface area contributed by atoms with Crippen molar-refractivity contribution in [3.05, 3.63) is 17.7 Å². The third-order valence-corrected chi connectivity index (χ3v) is 3.38. The number of hydrogen-bond acceptors (Lipinski definition) is 4.